The van der Waals surface area contributed by atoms with Gasteiger partial charge < -0.3 is 10.2 Å². The average Bonchev–Trinajstić information content (AvgIpc) is 2.91. The highest BCUT2D eigenvalue weighted by Crippen LogP contribution is 2.28. The number of hydrogen-bond acceptors (Lipinski definition) is 4. The summed E-state index contributed by atoms with van der Waals surface area (Å²) in [5.74, 6) is -0.865. The molecule has 0 aliphatic carbocycles. The van der Waals surface area contributed by atoms with E-state index in [4.69, 9.17) is 23.2 Å². The summed E-state index contributed by atoms with van der Waals surface area (Å²) in [4.78, 5) is 28.6. The normalized spacial score (nSPS) is 12.1. The van der Waals surface area contributed by atoms with E-state index in [1.54, 1.807) is 49.4 Å². The van der Waals surface area contributed by atoms with Gasteiger partial charge in [-0.25, -0.2) is 8.42 Å². The fourth-order valence-electron chi connectivity index (χ4n) is 4.41. The van der Waals surface area contributed by atoms with Gasteiger partial charge in [-0.05, 0) is 87.2 Å². The van der Waals surface area contributed by atoms with Gasteiger partial charge in [0.15, 0.2) is 0 Å². The molecule has 1 N–H and O–H groups in total. The molecule has 7 nitrogen and oxygen atoms in total. The monoisotopic (exact) mass is 617 g/mol. The number of amides is 2. The van der Waals surface area contributed by atoms with Crippen LogP contribution in [0.15, 0.2) is 65.6 Å². The Morgan fingerprint density at radius 3 is 2.10 bits per heavy atom. The lowest BCUT2D eigenvalue weighted by Gasteiger charge is -2.32. The van der Waals surface area contributed by atoms with Crippen LogP contribution in [0.5, 0.6) is 0 Å². The molecule has 10 heteroatoms. The van der Waals surface area contributed by atoms with E-state index in [1.807, 2.05) is 33.8 Å². The Balaban J connectivity index is 2.05. The van der Waals surface area contributed by atoms with Crippen LogP contribution < -0.4 is 9.62 Å². The summed E-state index contributed by atoms with van der Waals surface area (Å²) in [6.07, 6.45) is 1.71. The minimum absolute atomic E-state index is 0.0311. The minimum atomic E-state index is -4.13. The van der Waals surface area contributed by atoms with Crippen LogP contribution >= 0.6 is 23.2 Å². The third kappa shape index (κ3) is 8.47. The number of unbranched alkanes of at least 4 members (excludes halogenated alkanes) is 1. The first-order valence-electron chi connectivity index (χ1n) is 13.5. The topological polar surface area (TPSA) is 86.8 Å². The maximum absolute atomic E-state index is 14.0. The van der Waals surface area contributed by atoms with E-state index in [-0.39, 0.29) is 17.3 Å². The molecule has 3 aromatic rings. The standard InChI is InChI=1S/C31H37Cl2N3O4S/c1-6-7-14-34-31(38)24(5)35(19-25-10-13-28(32)29(33)18-25)30(37)20-36(26-16-22(3)15-23(4)17-26)41(39,40)27-11-8-21(2)9-12-27/h8-13,15-18,24H,6-7,14,19-20H2,1-5H3,(H,34,38)/t24-/m0/s1. The third-order valence-corrected chi connectivity index (χ3v) is 9.24. The predicted molar refractivity (Wildman–Crippen MR) is 166 cm³/mol. The lowest BCUT2D eigenvalue weighted by atomic mass is 10.1. The lowest BCUT2D eigenvalue weighted by Crippen LogP contribution is -2.51. The number of carbonyl (C=O) groups is 2. The zero-order valence-corrected chi connectivity index (χ0v) is 26.4. The van der Waals surface area contributed by atoms with Gasteiger partial charge >= 0.3 is 0 Å². The Morgan fingerprint density at radius 2 is 1.51 bits per heavy atom. The van der Waals surface area contributed by atoms with Crippen LogP contribution in [-0.4, -0.2) is 44.3 Å². The van der Waals surface area contributed by atoms with E-state index >= 15 is 0 Å². The first-order valence-corrected chi connectivity index (χ1v) is 15.7. The van der Waals surface area contributed by atoms with Crippen LogP contribution in [0.3, 0.4) is 0 Å². The molecular weight excluding hydrogens is 581 g/mol. The average molecular weight is 619 g/mol. The Hall–Kier alpha value is -3.07. The Morgan fingerprint density at radius 1 is 0.878 bits per heavy atom. The van der Waals surface area contributed by atoms with Crippen LogP contribution in [0.2, 0.25) is 10.0 Å². The highest BCUT2D eigenvalue weighted by atomic mass is 35.5. The molecule has 0 saturated heterocycles. The highest BCUT2D eigenvalue weighted by Gasteiger charge is 2.32. The van der Waals surface area contributed by atoms with Gasteiger partial charge in [-0.1, -0.05) is 66.4 Å². The Labute approximate surface area is 253 Å². The summed E-state index contributed by atoms with van der Waals surface area (Å²) in [7, 11) is -4.13. The third-order valence-electron chi connectivity index (χ3n) is 6.72. The molecular formula is C31H37Cl2N3O4S. The molecule has 0 saturated carbocycles. The fraction of sp³-hybridized carbons (Fsp3) is 0.355. The molecule has 0 fully saturated rings. The van der Waals surface area contributed by atoms with Crippen molar-refractivity contribution < 1.29 is 18.0 Å². The second-order valence-corrected chi connectivity index (χ2v) is 12.9. The maximum atomic E-state index is 14.0. The molecule has 0 spiro atoms. The van der Waals surface area contributed by atoms with Crippen molar-refractivity contribution in [3.8, 4) is 0 Å². The number of nitrogens with one attached hydrogen (secondary N) is 1. The predicted octanol–water partition coefficient (Wildman–Crippen LogP) is 6.45. The van der Waals surface area contributed by atoms with E-state index in [1.165, 1.54) is 17.0 Å². The molecule has 0 bridgehead atoms. The number of aryl methyl sites for hydroxylation is 3. The SMILES string of the molecule is CCCCNC(=O)[C@H](C)N(Cc1ccc(Cl)c(Cl)c1)C(=O)CN(c1cc(C)cc(C)c1)S(=O)(=O)c1ccc(C)cc1. The number of sulfonamides is 1. The molecule has 0 aliphatic heterocycles. The molecule has 0 heterocycles. The number of hydrogen-bond donors (Lipinski definition) is 1. The van der Waals surface area contributed by atoms with E-state index in [9.17, 15) is 18.0 Å². The van der Waals surface area contributed by atoms with Crippen molar-refractivity contribution in [2.24, 2.45) is 0 Å². The Bertz CT molecular complexity index is 1470. The van der Waals surface area contributed by atoms with Crippen LogP contribution in [0.25, 0.3) is 0 Å². The van der Waals surface area contributed by atoms with Crippen molar-refractivity contribution in [1.29, 1.82) is 0 Å². The largest absolute Gasteiger partial charge is 0.354 e. The summed E-state index contributed by atoms with van der Waals surface area (Å²) in [6.45, 7) is 9.26. The smallest absolute Gasteiger partial charge is 0.264 e. The molecule has 3 rings (SSSR count). The van der Waals surface area contributed by atoms with Crippen molar-refractivity contribution in [3.63, 3.8) is 0 Å². The van der Waals surface area contributed by atoms with Gasteiger partial charge in [0.1, 0.15) is 12.6 Å². The van der Waals surface area contributed by atoms with Crippen molar-refractivity contribution >= 4 is 50.7 Å². The zero-order valence-electron chi connectivity index (χ0n) is 24.1. The molecule has 2 amide bonds. The minimum Gasteiger partial charge on any atom is -0.354 e. The van der Waals surface area contributed by atoms with Gasteiger partial charge in [-0.3, -0.25) is 13.9 Å². The van der Waals surface area contributed by atoms with Crippen molar-refractivity contribution in [2.45, 2.75) is 64.9 Å². The number of carbonyl (C=O) groups excluding carboxylic acids is 2. The Kier molecular flexibility index (Phi) is 11.2. The van der Waals surface area contributed by atoms with E-state index < -0.39 is 28.5 Å². The van der Waals surface area contributed by atoms with Gasteiger partial charge in [0, 0.05) is 13.1 Å². The lowest BCUT2D eigenvalue weighted by molar-refractivity contribution is -0.139. The quantitative estimate of drug-likeness (QED) is 0.237. The molecule has 1 atom stereocenters. The summed E-state index contributed by atoms with van der Waals surface area (Å²) >= 11 is 12.3. The van der Waals surface area contributed by atoms with E-state index in [0.29, 0.717) is 27.8 Å². The summed E-state index contributed by atoms with van der Waals surface area (Å²) in [5.41, 5.74) is 3.64. The zero-order chi connectivity index (χ0) is 30.3. The highest BCUT2D eigenvalue weighted by molar-refractivity contribution is 7.92. The molecule has 41 heavy (non-hydrogen) atoms. The van der Waals surface area contributed by atoms with E-state index in [0.717, 1.165) is 33.8 Å². The van der Waals surface area contributed by atoms with Crippen LogP contribution in [0, 0.1) is 20.8 Å². The fourth-order valence-corrected chi connectivity index (χ4v) is 6.13. The second kappa shape index (κ2) is 14.2. The molecule has 0 aliphatic rings. The van der Waals surface area contributed by atoms with Crippen LogP contribution in [-0.2, 0) is 26.2 Å². The number of anilines is 1. The van der Waals surface area contributed by atoms with Gasteiger partial charge in [0.2, 0.25) is 11.8 Å². The summed E-state index contributed by atoms with van der Waals surface area (Å²) < 4.78 is 29.1. The molecule has 220 valence electrons. The first kappa shape index (κ1) is 32.4. The molecule has 0 unspecified atom stereocenters. The van der Waals surface area contributed by atoms with Crippen LogP contribution in [0.4, 0.5) is 5.69 Å². The van der Waals surface area contributed by atoms with Crippen molar-refractivity contribution in [3.05, 3.63) is 93.0 Å². The van der Waals surface area contributed by atoms with Gasteiger partial charge in [-0.15, -0.1) is 0 Å². The number of halogens is 2. The maximum Gasteiger partial charge on any atom is 0.264 e. The van der Waals surface area contributed by atoms with Gasteiger partial charge in [0.05, 0.1) is 20.6 Å². The first-order chi connectivity index (χ1) is 19.3. The number of nitrogens with zero attached hydrogens (tertiary/aromatic N) is 2. The van der Waals surface area contributed by atoms with Gasteiger partial charge in [0.25, 0.3) is 10.0 Å². The van der Waals surface area contributed by atoms with Crippen molar-refractivity contribution in [1.82, 2.24) is 10.2 Å². The molecule has 0 aromatic heterocycles. The summed E-state index contributed by atoms with van der Waals surface area (Å²) in [6, 6.07) is 16.0. The van der Waals surface area contributed by atoms with Gasteiger partial charge in [-0.2, -0.15) is 0 Å². The number of benzene rings is 3. The van der Waals surface area contributed by atoms with Crippen molar-refractivity contribution in [2.75, 3.05) is 17.4 Å². The molecule has 0 radical (unpaired) electrons. The molecule has 3 aromatic carbocycles. The second-order valence-electron chi connectivity index (χ2n) is 10.3. The van der Waals surface area contributed by atoms with E-state index in [2.05, 4.69) is 5.32 Å². The number of rotatable bonds is 12. The summed E-state index contributed by atoms with van der Waals surface area (Å²) in [5, 5.41) is 3.55. The van der Waals surface area contributed by atoms with Crippen LogP contribution in [0.1, 0.15) is 48.9 Å².